The van der Waals surface area contributed by atoms with E-state index in [0.717, 1.165) is 44.4 Å². The Bertz CT molecular complexity index is 1400. The zero-order valence-electron chi connectivity index (χ0n) is 31.2. The second-order valence-corrected chi connectivity index (χ2v) is 19.7. The Labute approximate surface area is 291 Å². The highest BCUT2D eigenvalue weighted by Crippen LogP contribution is 2.76. The van der Waals surface area contributed by atoms with Crippen molar-refractivity contribution in [1.82, 2.24) is 10.2 Å². The van der Waals surface area contributed by atoms with Crippen molar-refractivity contribution in [2.75, 3.05) is 26.2 Å². The summed E-state index contributed by atoms with van der Waals surface area (Å²) < 4.78 is 5.91. The molecular formula is C43H66N2O3. The molecule has 2 N–H and O–H groups in total. The molecule has 2 heterocycles. The van der Waals surface area contributed by atoms with Gasteiger partial charge in [0.15, 0.2) is 0 Å². The topological polar surface area (TPSA) is 61.8 Å². The van der Waals surface area contributed by atoms with Gasteiger partial charge in [-0.3, -0.25) is 9.69 Å². The fraction of sp³-hybridized carbons (Fsp3) is 0.837. The third kappa shape index (κ3) is 4.74. The number of carboxylic acid groups (broad SMARTS) is 1. The van der Waals surface area contributed by atoms with Crippen molar-refractivity contribution >= 4 is 5.97 Å². The number of nitrogens with zero attached hydrogens (tertiary/aromatic N) is 1. The molecule has 0 amide bonds. The maximum atomic E-state index is 11.7. The molecule has 6 aliphatic carbocycles. The summed E-state index contributed by atoms with van der Waals surface area (Å²) in [6.45, 7) is 24.6. The number of fused-ring (bicyclic) bond motifs is 9. The van der Waals surface area contributed by atoms with Crippen molar-refractivity contribution < 1.29 is 14.6 Å². The highest BCUT2D eigenvalue weighted by atomic mass is 16.5. The summed E-state index contributed by atoms with van der Waals surface area (Å²) in [4.78, 5) is 14.4. The molecule has 5 heteroatoms. The molecule has 8 aliphatic rings. The van der Waals surface area contributed by atoms with Crippen molar-refractivity contribution in [2.24, 2.45) is 57.2 Å². The van der Waals surface area contributed by atoms with Gasteiger partial charge in [-0.15, -0.1) is 0 Å². The van der Waals surface area contributed by atoms with Crippen LogP contribution in [0.2, 0.25) is 0 Å². The molecule has 0 aromatic rings. The number of hydrogen-bond acceptors (Lipinski definition) is 4. The Hall–Kier alpha value is -1.43. The van der Waals surface area contributed by atoms with E-state index in [0.29, 0.717) is 52.6 Å². The first kappa shape index (κ1) is 33.7. The maximum absolute atomic E-state index is 11.7. The van der Waals surface area contributed by atoms with Gasteiger partial charge < -0.3 is 15.2 Å². The third-order valence-corrected chi connectivity index (χ3v) is 17.6. The lowest BCUT2D eigenvalue weighted by atomic mass is 9.33. The molecule has 6 fully saturated rings. The molecule has 0 aromatic carbocycles. The van der Waals surface area contributed by atoms with Crippen LogP contribution in [0, 0.1) is 57.2 Å². The number of allylic oxidation sites excluding steroid dienone is 5. The summed E-state index contributed by atoms with van der Waals surface area (Å²) in [7, 11) is 0. The van der Waals surface area contributed by atoms with Crippen molar-refractivity contribution in [1.29, 1.82) is 0 Å². The molecular weight excluding hydrogens is 592 g/mol. The molecule has 48 heavy (non-hydrogen) atoms. The Morgan fingerprint density at radius 2 is 1.81 bits per heavy atom. The zero-order chi connectivity index (χ0) is 33.9. The fourth-order valence-corrected chi connectivity index (χ4v) is 15.1. The summed E-state index contributed by atoms with van der Waals surface area (Å²) in [5, 5.41) is 14.0. The van der Waals surface area contributed by atoms with Crippen LogP contribution < -0.4 is 5.32 Å². The minimum Gasteiger partial charge on any atom is -0.481 e. The average Bonchev–Trinajstić information content (AvgIpc) is 3.76. The molecule has 266 valence electrons. The molecule has 0 spiro atoms. The first-order chi connectivity index (χ1) is 22.7. The predicted molar refractivity (Wildman–Crippen MR) is 194 cm³/mol. The van der Waals surface area contributed by atoms with E-state index >= 15 is 0 Å². The van der Waals surface area contributed by atoms with Gasteiger partial charge in [-0.2, -0.15) is 0 Å². The van der Waals surface area contributed by atoms with E-state index in [-0.39, 0.29) is 16.9 Å². The molecule has 0 radical (unpaired) electrons. The van der Waals surface area contributed by atoms with Crippen LogP contribution in [0.4, 0.5) is 0 Å². The van der Waals surface area contributed by atoms with E-state index < -0.39 is 5.97 Å². The van der Waals surface area contributed by atoms with Crippen LogP contribution >= 0.6 is 0 Å². The maximum Gasteiger partial charge on any atom is 0.306 e. The lowest BCUT2D eigenvalue weighted by Gasteiger charge is -2.72. The number of rotatable bonds is 7. The number of ether oxygens (including phenoxy) is 1. The molecule has 1 unspecified atom stereocenters. The summed E-state index contributed by atoms with van der Waals surface area (Å²) >= 11 is 0. The van der Waals surface area contributed by atoms with Crippen molar-refractivity contribution in [3.63, 3.8) is 0 Å². The highest BCUT2D eigenvalue weighted by Gasteiger charge is 2.70. The molecule has 2 bridgehead atoms. The average molecular weight is 659 g/mol. The van der Waals surface area contributed by atoms with Crippen molar-refractivity contribution in [3.8, 4) is 0 Å². The minimum atomic E-state index is -0.627. The third-order valence-electron chi connectivity index (χ3n) is 17.6. The molecule has 8 rings (SSSR count). The van der Waals surface area contributed by atoms with Gasteiger partial charge in [0.2, 0.25) is 0 Å². The van der Waals surface area contributed by atoms with Gasteiger partial charge in [0.25, 0.3) is 0 Å². The van der Waals surface area contributed by atoms with E-state index in [1.165, 1.54) is 81.9 Å². The summed E-state index contributed by atoms with van der Waals surface area (Å²) in [6, 6.07) is 0.651. The lowest BCUT2D eigenvalue weighted by Crippen LogP contribution is -2.68. The van der Waals surface area contributed by atoms with Crippen LogP contribution in [0.1, 0.15) is 125 Å². The number of carboxylic acids is 1. The van der Waals surface area contributed by atoms with E-state index in [1.807, 2.05) is 0 Å². The SMILES string of the molecule is C=C(C)[C@@H]1CC[C@]2(NCCN3C[C@@H]4C[C@H]3CO4)CC[C@]3(C)[C@H](CC[C@@H]4[C@@]5(C)CC=C(C6=CCC(C(=O)O)CC6)C(C)(C)[C@@H]5CC[C@]43C)[C@@H]12. The second kappa shape index (κ2) is 11.5. The Kier molecular flexibility index (Phi) is 8.10. The largest absolute Gasteiger partial charge is 0.481 e. The van der Waals surface area contributed by atoms with Crippen LogP contribution in [0.3, 0.4) is 0 Å². The number of likely N-dealkylation sites (tertiary alicyclic amines) is 1. The van der Waals surface area contributed by atoms with Crippen LogP contribution in [0.25, 0.3) is 0 Å². The first-order valence-corrected chi connectivity index (χ1v) is 20.1. The fourth-order valence-electron chi connectivity index (χ4n) is 15.1. The van der Waals surface area contributed by atoms with Gasteiger partial charge in [-0.1, -0.05) is 58.9 Å². The number of morpholine rings is 1. The summed E-state index contributed by atoms with van der Waals surface area (Å²) in [5.41, 5.74) is 5.85. The second-order valence-electron chi connectivity index (χ2n) is 19.7. The monoisotopic (exact) mass is 659 g/mol. The Morgan fingerprint density at radius 3 is 2.48 bits per heavy atom. The lowest BCUT2D eigenvalue weighted by molar-refractivity contribution is -0.221. The summed E-state index contributed by atoms with van der Waals surface area (Å²) in [5.74, 6) is 2.70. The number of hydrogen-bond donors (Lipinski definition) is 2. The smallest absolute Gasteiger partial charge is 0.306 e. The minimum absolute atomic E-state index is 0.122. The van der Waals surface area contributed by atoms with Crippen LogP contribution in [-0.4, -0.2) is 59.9 Å². The highest BCUT2D eigenvalue weighted by molar-refractivity contribution is 5.70. The van der Waals surface area contributed by atoms with Crippen LogP contribution in [0.5, 0.6) is 0 Å². The molecule has 5 nitrogen and oxygen atoms in total. The molecule has 4 saturated carbocycles. The standard InChI is InChI=1S/C43H66N2O3/c1-27(2)32-14-19-43(44-22-23-45-25-31-24-30(45)26-48-31)21-20-41(6)34(37(32)43)12-13-36-40(5)17-15-33(28-8-10-29(11-9-28)38(46)47)39(3,4)35(40)16-18-42(36,41)7/h8,15,29-32,34-37,44H,1,9-14,16-26H2,2-7H3,(H,46,47)/t29?,30-,31-,32-,34+,35-,36+,37+,40-,41+,42+,43-/m0/s1. The van der Waals surface area contributed by atoms with Crippen LogP contribution in [-0.2, 0) is 9.53 Å². The Balaban J connectivity index is 1.05. The number of aliphatic carboxylic acids is 1. The molecule has 2 saturated heterocycles. The number of nitrogens with one attached hydrogen (secondary N) is 1. The normalized spacial score (nSPS) is 49.3. The van der Waals surface area contributed by atoms with Crippen LogP contribution in [0.15, 0.2) is 35.5 Å². The summed E-state index contributed by atoms with van der Waals surface area (Å²) in [6.07, 6.45) is 21.0. The predicted octanol–water partition coefficient (Wildman–Crippen LogP) is 8.81. The Morgan fingerprint density at radius 1 is 1.00 bits per heavy atom. The first-order valence-electron chi connectivity index (χ1n) is 20.1. The van der Waals surface area contributed by atoms with E-state index in [2.05, 4.69) is 70.5 Å². The quantitative estimate of drug-likeness (QED) is 0.268. The van der Waals surface area contributed by atoms with E-state index in [1.54, 1.807) is 5.57 Å². The zero-order valence-corrected chi connectivity index (χ0v) is 31.2. The van der Waals surface area contributed by atoms with Gasteiger partial charge >= 0.3 is 5.97 Å². The van der Waals surface area contributed by atoms with Gasteiger partial charge in [-0.05, 0) is 153 Å². The van der Waals surface area contributed by atoms with Crippen molar-refractivity contribution in [3.05, 3.63) is 35.5 Å². The molecule has 12 atom stereocenters. The van der Waals surface area contributed by atoms with E-state index in [9.17, 15) is 9.90 Å². The number of carbonyl (C=O) groups is 1. The molecule has 2 aliphatic heterocycles. The van der Waals surface area contributed by atoms with Crippen molar-refractivity contribution in [2.45, 2.75) is 143 Å². The van der Waals surface area contributed by atoms with Gasteiger partial charge in [-0.25, -0.2) is 0 Å². The van der Waals surface area contributed by atoms with Gasteiger partial charge in [0.05, 0.1) is 18.6 Å². The van der Waals surface area contributed by atoms with Gasteiger partial charge in [0.1, 0.15) is 0 Å². The molecule has 0 aromatic heterocycles. The van der Waals surface area contributed by atoms with Gasteiger partial charge in [0, 0.05) is 31.2 Å². The van der Waals surface area contributed by atoms with E-state index in [4.69, 9.17) is 4.74 Å².